The van der Waals surface area contributed by atoms with Crippen molar-refractivity contribution in [2.75, 3.05) is 5.32 Å². The van der Waals surface area contributed by atoms with E-state index < -0.39 is 11.7 Å². The summed E-state index contributed by atoms with van der Waals surface area (Å²) in [5, 5.41) is 5.08. The van der Waals surface area contributed by atoms with Crippen molar-refractivity contribution in [3.8, 4) is 0 Å². The first-order valence-corrected chi connectivity index (χ1v) is 7.88. The lowest BCUT2D eigenvalue weighted by Gasteiger charge is -2.22. The van der Waals surface area contributed by atoms with Gasteiger partial charge in [-0.2, -0.15) is 13.2 Å². The Kier molecular flexibility index (Phi) is 3.88. The monoisotopic (exact) mass is 331 g/mol. The molecule has 21 heavy (non-hydrogen) atoms. The van der Waals surface area contributed by atoms with E-state index >= 15 is 0 Å². The molecule has 112 valence electrons. The van der Waals surface area contributed by atoms with Crippen LogP contribution in [0.25, 0.3) is 0 Å². The molecule has 2 aromatic rings. The van der Waals surface area contributed by atoms with Crippen LogP contribution in [0.15, 0.2) is 35.7 Å². The number of alkyl halides is 3. The zero-order valence-electron chi connectivity index (χ0n) is 11.0. The summed E-state index contributed by atoms with van der Waals surface area (Å²) < 4.78 is 39.4. The van der Waals surface area contributed by atoms with E-state index in [9.17, 15) is 13.2 Å². The largest absolute Gasteiger partial charge is 0.418 e. The lowest BCUT2D eigenvalue weighted by Crippen LogP contribution is -2.16. The molecule has 0 saturated heterocycles. The first-order valence-electron chi connectivity index (χ1n) is 6.62. The van der Waals surface area contributed by atoms with Crippen LogP contribution in [0.3, 0.4) is 0 Å². The summed E-state index contributed by atoms with van der Waals surface area (Å²) in [5.41, 5.74) is -0.728. The van der Waals surface area contributed by atoms with Gasteiger partial charge in [0.05, 0.1) is 22.3 Å². The van der Waals surface area contributed by atoms with Gasteiger partial charge in [-0.3, -0.25) is 0 Å². The fourth-order valence-electron chi connectivity index (χ4n) is 2.38. The minimum atomic E-state index is -4.42. The van der Waals surface area contributed by atoms with Gasteiger partial charge in [0.25, 0.3) is 0 Å². The second-order valence-corrected chi connectivity index (χ2v) is 6.52. The van der Waals surface area contributed by atoms with Gasteiger partial charge >= 0.3 is 6.18 Å². The first kappa shape index (κ1) is 14.7. The molecule has 0 amide bonds. The van der Waals surface area contributed by atoms with E-state index in [1.54, 1.807) is 11.3 Å². The van der Waals surface area contributed by atoms with Crippen LogP contribution < -0.4 is 5.32 Å². The maximum Gasteiger partial charge on any atom is 0.418 e. The van der Waals surface area contributed by atoms with Gasteiger partial charge in [0.2, 0.25) is 0 Å². The van der Waals surface area contributed by atoms with E-state index in [4.69, 9.17) is 11.6 Å². The Bertz CT molecular complexity index is 620. The Morgan fingerprint density at radius 1 is 1.19 bits per heavy atom. The smallest absolute Gasteiger partial charge is 0.375 e. The number of thiophene rings is 1. The number of para-hydroxylation sites is 1. The van der Waals surface area contributed by atoms with Crippen LogP contribution in [-0.2, 0) is 6.18 Å². The Labute approximate surface area is 129 Å². The average molecular weight is 332 g/mol. The molecule has 1 heterocycles. The van der Waals surface area contributed by atoms with Crippen LogP contribution >= 0.6 is 22.9 Å². The third-order valence-corrected chi connectivity index (χ3v) is 4.83. The molecule has 1 atom stereocenters. The SMILES string of the molecule is FC(F)(F)c1cccc(Cl)c1NC(c1cccs1)C1CC1. The van der Waals surface area contributed by atoms with Gasteiger partial charge in [0, 0.05) is 4.88 Å². The van der Waals surface area contributed by atoms with Crippen molar-refractivity contribution in [1.29, 1.82) is 0 Å². The Morgan fingerprint density at radius 2 is 1.95 bits per heavy atom. The van der Waals surface area contributed by atoms with Gasteiger partial charge < -0.3 is 5.32 Å². The van der Waals surface area contributed by atoms with E-state index in [0.29, 0.717) is 5.92 Å². The molecule has 1 unspecified atom stereocenters. The predicted molar refractivity (Wildman–Crippen MR) is 79.9 cm³/mol. The summed E-state index contributed by atoms with van der Waals surface area (Å²) in [4.78, 5) is 1.05. The van der Waals surface area contributed by atoms with Crippen molar-refractivity contribution in [1.82, 2.24) is 0 Å². The third-order valence-electron chi connectivity index (χ3n) is 3.56. The number of hydrogen-bond donors (Lipinski definition) is 1. The molecule has 1 aromatic heterocycles. The van der Waals surface area contributed by atoms with E-state index in [0.717, 1.165) is 23.8 Å². The number of rotatable bonds is 4. The fraction of sp³-hybridized carbons (Fsp3) is 0.333. The van der Waals surface area contributed by atoms with Gasteiger partial charge in [-0.05, 0) is 42.3 Å². The maximum absolute atomic E-state index is 13.1. The van der Waals surface area contributed by atoms with Gasteiger partial charge in [-0.15, -0.1) is 11.3 Å². The second kappa shape index (κ2) is 5.54. The van der Waals surface area contributed by atoms with Crippen molar-refractivity contribution in [3.05, 3.63) is 51.2 Å². The molecule has 6 heteroatoms. The summed E-state index contributed by atoms with van der Waals surface area (Å²) in [6.45, 7) is 0. The minimum Gasteiger partial charge on any atom is -0.375 e. The number of benzene rings is 1. The van der Waals surface area contributed by atoms with Crippen LogP contribution in [0, 0.1) is 5.92 Å². The summed E-state index contributed by atoms with van der Waals surface area (Å²) in [5.74, 6) is 0.376. The lowest BCUT2D eigenvalue weighted by atomic mass is 10.1. The van der Waals surface area contributed by atoms with Crippen LogP contribution in [0.4, 0.5) is 18.9 Å². The van der Waals surface area contributed by atoms with Crippen LogP contribution in [0.1, 0.15) is 29.3 Å². The Morgan fingerprint density at radius 3 is 2.52 bits per heavy atom. The van der Waals surface area contributed by atoms with Crippen LogP contribution in [-0.4, -0.2) is 0 Å². The van der Waals surface area contributed by atoms with E-state index in [-0.39, 0.29) is 16.8 Å². The highest BCUT2D eigenvalue weighted by Crippen LogP contribution is 2.47. The predicted octanol–water partition coefficient (Wildman–Crippen LogP) is 5.98. The molecule has 0 aliphatic heterocycles. The molecule has 0 bridgehead atoms. The topological polar surface area (TPSA) is 12.0 Å². The first-order chi connectivity index (χ1) is 9.97. The number of anilines is 1. The van der Waals surface area contributed by atoms with Gasteiger partial charge in [-0.1, -0.05) is 23.7 Å². The fourth-order valence-corrected chi connectivity index (χ4v) is 3.48. The van der Waals surface area contributed by atoms with Crippen molar-refractivity contribution >= 4 is 28.6 Å². The summed E-state index contributed by atoms with van der Waals surface area (Å²) in [6.07, 6.45) is -2.36. The number of halogens is 4. The van der Waals surface area contributed by atoms with E-state index in [1.807, 2.05) is 17.5 Å². The highest BCUT2D eigenvalue weighted by Gasteiger charge is 2.38. The van der Waals surface area contributed by atoms with Crippen molar-refractivity contribution < 1.29 is 13.2 Å². The summed E-state index contributed by atoms with van der Waals surface area (Å²) >= 11 is 7.56. The lowest BCUT2D eigenvalue weighted by molar-refractivity contribution is -0.137. The standard InChI is InChI=1S/C15H13ClF3NS/c16-11-4-1-3-10(15(17,18)19)14(11)20-13(9-6-7-9)12-5-2-8-21-12/h1-5,8-9,13,20H,6-7H2. The number of nitrogens with one attached hydrogen (secondary N) is 1. The third kappa shape index (κ3) is 3.19. The van der Waals surface area contributed by atoms with Gasteiger partial charge in [-0.25, -0.2) is 0 Å². The molecule has 1 aliphatic carbocycles. The molecular formula is C15H13ClF3NS. The molecule has 1 saturated carbocycles. The van der Waals surface area contributed by atoms with Crippen LogP contribution in [0.5, 0.6) is 0 Å². The minimum absolute atomic E-state index is 0.0167. The van der Waals surface area contributed by atoms with E-state index in [2.05, 4.69) is 5.32 Å². The summed E-state index contributed by atoms with van der Waals surface area (Å²) in [7, 11) is 0. The molecule has 1 fully saturated rings. The molecule has 1 N–H and O–H groups in total. The Balaban J connectivity index is 1.96. The zero-order chi connectivity index (χ0) is 15.0. The number of hydrogen-bond acceptors (Lipinski definition) is 2. The molecular weight excluding hydrogens is 319 g/mol. The second-order valence-electron chi connectivity index (χ2n) is 5.14. The average Bonchev–Trinajstić information content (AvgIpc) is 3.10. The zero-order valence-corrected chi connectivity index (χ0v) is 12.5. The summed E-state index contributed by atoms with van der Waals surface area (Å²) in [6, 6.07) is 7.63. The molecule has 0 radical (unpaired) electrons. The van der Waals surface area contributed by atoms with Gasteiger partial charge in [0.1, 0.15) is 0 Å². The Hall–Kier alpha value is -1.20. The highest BCUT2D eigenvalue weighted by atomic mass is 35.5. The normalized spacial score (nSPS) is 16.8. The van der Waals surface area contributed by atoms with Crippen molar-refractivity contribution in [2.24, 2.45) is 5.92 Å². The molecule has 1 aromatic carbocycles. The van der Waals surface area contributed by atoms with Gasteiger partial charge in [0.15, 0.2) is 0 Å². The van der Waals surface area contributed by atoms with Crippen molar-refractivity contribution in [2.45, 2.75) is 25.1 Å². The molecule has 0 spiro atoms. The highest BCUT2D eigenvalue weighted by molar-refractivity contribution is 7.10. The molecule has 3 rings (SSSR count). The quantitative estimate of drug-likeness (QED) is 0.726. The maximum atomic E-state index is 13.1. The van der Waals surface area contributed by atoms with E-state index in [1.165, 1.54) is 12.1 Å². The molecule has 1 aliphatic rings. The van der Waals surface area contributed by atoms with Crippen molar-refractivity contribution in [3.63, 3.8) is 0 Å². The van der Waals surface area contributed by atoms with Crippen LogP contribution in [0.2, 0.25) is 5.02 Å². The molecule has 1 nitrogen and oxygen atoms in total.